The second kappa shape index (κ2) is 7.39. The van der Waals surface area contributed by atoms with E-state index in [1.165, 1.54) is 4.68 Å². The smallest absolute Gasteiger partial charge is 0.203 e. The Morgan fingerprint density at radius 1 is 0.857 bits per heavy atom. The lowest BCUT2D eigenvalue weighted by Gasteiger charge is -2.12. The molecule has 0 aliphatic rings. The summed E-state index contributed by atoms with van der Waals surface area (Å²) in [6.45, 7) is 0. The minimum atomic E-state index is 0.451. The van der Waals surface area contributed by atoms with Crippen LogP contribution in [0.2, 0.25) is 0 Å². The van der Waals surface area contributed by atoms with Gasteiger partial charge < -0.3 is 18.7 Å². The molecule has 9 heteroatoms. The molecular formula is C19H17N5O4. The fourth-order valence-electron chi connectivity index (χ4n) is 2.83. The van der Waals surface area contributed by atoms with Gasteiger partial charge in [0.1, 0.15) is 0 Å². The number of rotatable bonds is 6. The molecule has 0 bridgehead atoms. The highest BCUT2D eigenvalue weighted by atomic mass is 16.5. The van der Waals surface area contributed by atoms with Gasteiger partial charge in [0.25, 0.3) is 0 Å². The van der Waals surface area contributed by atoms with Crippen LogP contribution >= 0.6 is 0 Å². The van der Waals surface area contributed by atoms with Gasteiger partial charge in [0, 0.05) is 17.2 Å². The van der Waals surface area contributed by atoms with Crippen molar-refractivity contribution < 1.29 is 18.7 Å². The normalized spacial score (nSPS) is 10.7. The van der Waals surface area contributed by atoms with E-state index in [4.69, 9.17) is 18.7 Å². The molecule has 0 N–H and O–H groups in total. The molecule has 0 fully saturated rings. The summed E-state index contributed by atoms with van der Waals surface area (Å²) in [4.78, 5) is 0. The van der Waals surface area contributed by atoms with E-state index in [1.54, 1.807) is 39.5 Å². The molecule has 0 amide bonds. The first-order chi connectivity index (χ1) is 13.7. The monoisotopic (exact) mass is 379 g/mol. The molecule has 0 aliphatic heterocycles. The summed E-state index contributed by atoms with van der Waals surface area (Å²) < 4.78 is 23.2. The van der Waals surface area contributed by atoms with E-state index >= 15 is 0 Å². The maximum atomic E-state index is 5.52. The fraction of sp³-hybridized carbons (Fsp3) is 0.158. The van der Waals surface area contributed by atoms with Gasteiger partial charge in [-0.15, -0.1) is 5.10 Å². The van der Waals surface area contributed by atoms with Crippen LogP contribution in [-0.4, -0.2) is 46.7 Å². The predicted molar refractivity (Wildman–Crippen MR) is 99.7 cm³/mol. The molecule has 9 nitrogen and oxygen atoms in total. The lowest BCUT2D eigenvalue weighted by Crippen LogP contribution is -1.99. The first-order valence-corrected chi connectivity index (χ1v) is 8.36. The Kier molecular flexibility index (Phi) is 4.63. The van der Waals surface area contributed by atoms with Gasteiger partial charge in [-0.05, 0) is 22.6 Å². The Morgan fingerprint density at radius 3 is 2.21 bits per heavy atom. The van der Waals surface area contributed by atoms with Crippen molar-refractivity contribution in [3.05, 3.63) is 48.5 Å². The molecule has 0 saturated heterocycles. The maximum absolute atomic E-state index is 5.52. The number of tetrazole rings is 1. The molecule has 0 atom stereocenters. The third-order valence-electron chi connectivity index (χ3n) is 4.17. The van der Waals surface area contributed by atoms with E-state index in [1.807, 2.05) is 30.3 Å². The summed E-state index contributed by atoms with van der Waals surface area (Å²) in [5.74, 6) is 3.05. The highest BCUT2D eigenvalue weighted by Crippen LogP contribution is 2.41. The minimum Gasteiger partial charge on any atom is -0.493 e. The zero-order valence-electron chi connectivity index (χ0n) is 15.5. The standard InChI is InChI=1S/C19H17N5O4/c1-25-15-9-13(10-16(26-2)18(15)27-3)14-11-17(21-28-14)24-19(20-22-23-24)12-7-5-4-6-8-12/h4-11H,1-3H3. The van der Waals surface area contributed by atoms with E-state index in [9.17, 15) is 0 Å². The molecule has 0 radical (unpaired) electrons. The van der Waals surface area contributed by atoms with Crippen LogP contribution in [0.15, 0.2) is 53.1 Å². The van der Waals surface area contributed by atoms with Crippen LogP contribution in [0.25, 0.3) is 28.5 Å². The van der Waals surface area contributed by atoms with Gasteiger partial charge >= 0.3 is 0 Å². The molecule has 28 heavy (non-hydrogen) atoms. The van der Waals surface area contributed by atoms with Gasteiger partial charge in [-0.3, -0.25) is 0 Å². The van der Waals surface area contributed by atoms with E-state index in [-0.39, 0.29) is 0 Å². The molecule has 0 spiro atoms. The van der Waals surface area contributed by atoms with Crippen LogP contribution in [0, 0.1) is 0 Å². The topological polar surface area (TPSA) is 97.3 Å². The van der Waals surface area contributed by atoms with E-state index in [0.29, 0.717) is 40.2 Å². The molecule has 0 aliphatic carbocycles. The van der Waals surface area contributed by atoms with Crippen molar-refractivity contribution in [2.75, 3.05) is 21.3 Å². The lowest BCUT2D eigenvalue weighted by molar-refractivity contribution is 0.324. The molecule has 2 heterocycles. The van der Waals surface area contributed by atoms with E-state index in [2.05, 4.69) is 20.7 Å². The van der Waals surface area contributed by atoms with Crippen LogP contribution in [0.3, 0.4) is 0 Å². The first kappa shape index (κ1) is 17.5. The Bertz CT molecular complexity index is 1070. The Hall–Kier alpha value is -3.88. The number of aromatic nitrogens is 5. The van der Waals surface area contributed by atoms with Crippen LogP contribution in [0.4, 0.5) is 0 Å². The summed E-state index contributed by atoms with van der Waals surface area (Å²) in [5, 5.41) is 16.0. The van der Waals surface area contributed by atoms with Gasteiger partial charge in [0.2, 0.25) is 11.6 Å². The molecule has 4 aromatic rings. The van der Waals surface area contributed by atoms with Crippen LogP contribution in [0.5, 0.6) is 17.2 Å². The highest BCUT2D eigenvalue weighted by molar-refractivity contribution is 5.68. The number of methoxy groups -OCH3 is 3. The van der Waals surface area contributed by atoms with E-state index in [0.717, 1.165) is 5.56 Å². The molecule has 4 rings (SSSR count). The van der Waals surface area contributed by atoms with Gasteiger partial charge in [-0.25, -0.2) is 0 Å². The highest BCUT2D eigenvalue weighted by Gasteiger charge is 2.19. The first-order valence-electron chi connectivity index (χ1n) is 8.36. The van der Waals surface area contributed by atoms with Gasteiger partial charge in [0.15, 0.2) is 23.1 Å². The van der Waals surface area contributed by atoms with Gasteiger partial charge in [-0.2, -0.15) is 4.68 Å². The number of nitrogens with zero attached hydrogens (tertiary/aromatic N) is 5. The Morgan fingerprint density at radius 2 is 1.57 bits per heavy atom. The second-order valence-electron chi connectivity index (χ2n) is 5.74. The zero-order chi connectivity index (χ0) is 19.5. The zero-order valence-corrected chi connectivity index (χ0v) is 15.5. The van der Waals surface area contributed by atoms with Crippen molar-refractivity contribution in [1.82, 2.24) is 25.4 Å². The summed E-state index contributed by atoms with van der Waals surface area (Å²) in [6.07, 6.45) is 0. The largest absolute Gasteiger partial charge is 0.493 e. The van der Waals surface area contributed by atoms with Crippen molar-refractivity contribution >= 4 is 0 Å². The lowest BCUT2D eigenvalue weighted by atomic mass is 10.1. The third kappa shape index (κ3) is 3.02. The molecular weight excluding hydrogens is 362 g/mol. The average Bonchev–Trinajstić information content (AvgIpc) is 3.42. The SMILES string of the molecule is COc1cc(-c2cc(-n3nnnc3-c3ccccc3)no2)cc(OC)c1OC. The molecule has 2 aromatic carbocycles. The number of hydrogen-bond donors (Lipinski definition) is 0. The number of benzene rings is 2. The Labute approximate surface area is 160 Å². The average molecular weight is 379 g/mol. The number of ether oxygens (including phenoxy) is 3. The molecule has 142 valence electrons. The molecule has 0 unspecified atom stereocenters. The Balaban J connectivity index is 1.75. The van der Waals surface area contributed by atoms with Crippen molar-refractivity contribution in [3.8, 4) is 45.8 Å². The van der Waals surface area contributed by atoms with Crippen molar-refractivity contribution in [1.29, 1.82) is 0 Å². The van der Waals surface area contributed by atoms with Crippen LogP contribution in [-0.2, 0) is 0 Å². The van der Waals surface area contributed by atoms with E-state index < -0.39 is 0 Å². The van der Waals surface area contributed by atoms with Crippen LogP contribution in [0.1, 0.15) is 0 Å². The predicted octanol–water partition coefficient (Wildman–Crippen LogP) is 3.01. The molecule has 2 aromatic heterocycles. The van der Waals surface area contributed by atoms with Crippen LogP contribution < -0.4 is 14.2 Å². The van der Waals surface area contributed by atoms with Gasteiger partial charge in [-0.1, -0.05) is 35.5 Å². The fourth-order valence-corrected chi connectivity index (χ4v) is 2.83. The maximum Gasteiger partial charge on any atom is 0.203 e. The van der Waals surface area contributed by atoms with Crippen molar-refractivity contribution in [2.24, 2.45) is 0 Å². The van der Waals surface area contributed by atoms with Crippen molar-refractivity contribution in [3.63, 3.8) is 0 Å². The van der Waals surface area contributed by atoms with Gasteiger partial charge in [0.05, 0.1) is 21.3 Å². The summed E-state index contributed by atoms with van der Waals surface area (Å²) in [7, 11) is 4.66. The summed E-state index contributed by atoms with van der Waals surface area (Å²) in [6, 6.07) is 14.9. The van der Waals surface area contributed by atoms with Crippen molar-refractivity contribution in [2.45, 2.75) is 0 Å². The summed E-state index contributed by atoms with van der Waals surface area (Å²) in [5.41, 5.74) is 1.58. The minimum absolute atomic E-state index is 0.451. The molecule has 0 saturated carbocycles. The summed E-state index contributed by atoms with van der Waals surface area (Å²) >= 11 is 0. The number of hydrogen-bond acceptors (Lipinski definition) is 8. The second-order valence-corrected chi connectivity index (χ2v) is 5.74. The third-order valence-corrected chi connectivity index (χ3v) is 4.17. The quantitative estimate of drug-likeness (QED) is 0.504.